The van der Waals surface area contributed by atoms with Gasteiger partial charge in [-0.05, 0) is 31.6 Å². The minimum absolute atomic E-state index is 0.280. The summed E-state index contributed by atoms with van der Waals surface area (Å²) in [7, 11) is 0. The molecule has 0 radical (unpaired) electrons. The van der Waals surface area contributed by atoms with E-state index in [9.17, 15) is 4.79 Å². The number of hydrogen-bond acceptors (Lipinski definition) is 1. The number of carbonyl (C=O) groups is 1. The van der Waals surface area contributed by atoms with Crippen molar-refractivity contribution in [2.75, 3.05) is 11.9 Å². The van der Waals surface area contributed by atoms with Crippen LogP contribution in [-0.2, 0) is 4.79 Å². The second-order valence-electron chi connectivity index (χ2n) is 5.51. The average molecular weight is 318 g/mol. The van der Waals surface area contributed by atoms with Crippen molar-refractivity contribution in [3.05, 3.63) is 0 Å². The van der Waals surface area contributed by atoms with Crippen molar-refractivity contribution >= 4 is 21.8 Å². The van der Waals surface area contributed by atoms with E-state index in [4.69, 9.17) is 0 Å². The zero-order valence-electron chi connectivity index (χ0n) is 11.6. The molecule has 0 aliphatic heterocycles. The lowest BCUT2D eigenvalue weighted by Gasteiger charge is -2.13. The van der Waals surface area contributed by atoms with Gasteiger partial charge in [0.05, 0.1) is 0 Å². The van der Waals surface area contributed by atoms with E-state index in [1.165, 1.54) is 57.8 Å². The average Bonchev–Trinajstić information content (AvgIpc) is 2.62. The number of rotatable bonds is 8. The molecule has 1 aliphatic rings. The number of unbranched alkanes of at least 4 members (excludes halogenated alkanes) is 3. The summed E-state index contributed by atoms with van der Waals surface area (Å²) in [5.74, 6) is 0.934. The van der Waals surface area contributed by atoms with E-state index in [0.717, 1.165) is 24.7 Å². The Labute approximate surface area is 120 Å². The Morgan fingerprint density at radius 3 is 2.33 bits per heavy atom. The maximum Gasteiger partial charge on any atom is 0.220 e. The molecular formula is C15H28BrNO. The van der Waals surface area contributed by atoms with Crippen molar-refractivity contribution in [1.82, 2.24) is 5.32 Å². The molecule has 18 heavy (non-hydrogen) atoms. The van der Waals surface area contributed by atoms with Crippen LogP contribution in [0, 0.1) is 5.92 Å². The molecule has 0 aromatic carbocycles. The maximum atomic E-state index is 11.8. The van der Waals surface area contributed by atoms with Gasteiger partial charge in [0.15, 0.2) is 0 Å². The van der Waals surface area contributed by atoms with E-state index >= 15 is 0 Å². The molecule has 1 saturated carbocycles. The second kappa shape index (κ2) is 10.8. The van der Waals surface area contributed by atoms with Crippen molar-refractivity contribution < 1.29 is 4.79 Å². The van der Waals surface area contributed by atoms with E-state index in [0.29, 0.717) is 5.92 Å². The summed E-state index contributed by atoms with van der Waals surface area (Å²) in [5, 5.41) is 4.17. The van der Waals surface area contributed by atoms with Gasteiger partial charge in [-0.2, -0.15) is 0 Å². The highest BCUT2D eigenvalue weighted by molar-refractivity contribution is 9.09. The zero-order valence-corrected chi connectivity index (χ0v) is 13.1. The Balaban J connectivity index is 1.98. The van der Waals surface area contributed by atoms with Gasteiger partial charge in [-0.25, -0.2) is 0 Å². The Kier molecular flexibility index (Phi) is 9.63. The molecule has 0 saturated heterocycles. The van der Waals surface area contributed by atoms with Gasteiger partial charge in [0.2, 0.25) is 5.91 Å². The summed E-state index contributed by atoms with van der Waals surface area (Å²) in [6.45, 7) is 0.869. The molecule has 0 bridgehead atoms. The molecule has 0 atom stereocenters. The number of halogens is 1. The van der Waals surface area contributed by atoms with Gasteiger partial charge in [-0.1, -0.05) is 54.5 Å². The van der Waals surface area contributed by atoms with Crippen LogP contribution >= 0.6 is 15.9 Å². The van der Waals surface area contributed by atoms with Crippen LogP contribution in [0.1, 0.15) is 70.6 Å². The van der Waals surface area contributed by atoms with Crippen LogP contribution in [0.15, 0.2) is 0 Å². The van der Waals surface area contributed by atoms with E-state index < -0.39 is 0 Å². The lowest BCUT2D eigenvalue weighted by atomic mass is 9.96. The van der Waals surface area contributed by atoms with Crippen LogP contribution in [0.3, 0.4) is 0 Å². The van der Waals surface area contributed by atoms with E-state index in [-0.39, 0.29) is 5.91 Å². The second-order valence-corrected chi connectivity index (χ2v) is 6.31. The van der Waals surface area contributed by atoms with Gasteiger partial charge in [-0.3, -0.25) is 4.79 Å². The van der Waals surface area contributed by atoms with Gasteiger partial charge in [0.1, 0.15) is 0 Å². The smallest absolute Gasteiger partial charge is 0.220 e. The summed E-state index contributed by atoms with van der Waals surface area (Å²) in [4.78, 5) is 11.8. The first-order valence-corrected chi connectivity index (χ1v) is 8.77. The van der Waals surface area contributed by atoms with E-state index in [1.54, 1.807) is 0 Å². The van der Waals surface area contributed by atoms with Crippen LogP contribution in [-0.4, -0.2) is 17.8 Å². The molecular weight excluding hydrogens is 290 g/mol. The third-order valence-corrected chi connectivity index (χ3v) is 4.39. The lowest BCUT2D eigenvalue weighted by molar-refractivity contribution is -0.122. The normalized spacial score (nSPS) is 17.4. The summed E-state index contributed by atoms with van der Waals surface area (Å²) in [5.41, 5.74) is 0. The molecule has 0 heterocycles. The van der Waals surface area contributed by atoms with Crippen molar-refractivity contribution in [2.45, 2.75) is 70.6 Å². The molecule has 1 fully saturated rings. The van der Waals surface area contributed by atoms with Gasteiger partial charge < -0.3 is 5.32 Å². The van der Waals surface area contributed by atoms with Crippen molar-refractivity contribution in [3.8, 4) is 0 Å². The fourth-order valence-corrected chi connectivity index (χ4v) is 3.10. The monoisotopic (exact) mass is 317 g/mol. The van der Waals surface area contributed by atoms with Gasteiger partial charge in [0.25, 0.3) is 0 Å². The molecule has 1 amide bonds. The Morgan fingerprint density at radius 2 is 1.67 bits per heavy atom. The Hall–Kier alpha value is -0.0500. The summed E-state index contributed by atoms with van der Waals surface area (Å²) < 4.78 is 0. The molecule has 1 rings (SSSR count). The Morgan fingerprint density at radius 1 is 1.00 bits per heavy atom. The molecule has 0 spiro atoms. The molecule has 3 heteroatoms. The first kappa shape index (κ1) is 16.0. The molecule has 106 valence electrons. The highest BCUT2D eigenvalue weighted by Gasteiger charge is 2.15. The van der Waals surface area contributed by atoms with Gasteiger partial charge >= 0.3 is 0 Å². The zero-order chi connectivity index (χ0) is 13.1. The molecule has 1 aliphatic carbocycles. The topological polar surface area (TPSA) is 29.1 Å². The van der Waals surface area contributed by atoms with E-state index in [2.05, 4.69) is 21.2 Å². The van der Waals surface area contributed by atoms with Crippen LogP contribution < -0.4 is 5.32 Å². The fraction of sp³-hybridized carbons (Fsp3) is 0.933. The standard InChI is InChI=1S/C15H28BrNO/c16-11-7-3-4-8-12-17-15(18)13-14-9-5-1-2-6-10-14/h14H,1-13H2,(H,17,18). The number of nitrogens with one attached hydrogen (secondary N) is 1. The highest BCUT2D eigenvalue weighted by Crippen LogP contribution is 2.25. The SMILES string of the molecule is O=C(CC1CCCCCC1)NCCCCCCBr. The Bertz CT molecular complexity index is 213. The summed E-state index contributed by atoms with van der Waals surface area (Å²) in [6.07, 6.45) is 13.5. The van der Waals surface area contributed by atoms with Crippen LogP contribution in [0.25, 0.3) is 0 Å². The van der Waals surface area contributed by atoms with Gasteiger partial charge in [-0.15, -0.1) is 0 Å². The quantitative estimate of drug-likeness (QED) is 0.401. The lowest BCUT2D eigenvalue weighted by Crippen LogP contribution is -2.26. The highest BCUT2D eigenvalue weighted by atomic mass is 79.9. The van der Waals surface area contributed by atoms with E-state index in [1.807, 2.05) is 0 Å². The molecule has 1 N–H and O–H groups in total. The largest absolute Gasteiger partial charge is 0.356 e. The number of alkyl halides is 1. The molecule has 0 aromatic rings. The summed E-state index contributed by atoms with van der Waals surface area (Å²) in [6, 6.07) is 0. The van der Waals surface area contributed by atoms with Crippen molar-refractivity contribution in [1.29, 1.82) is 0 Å². The van der Waals surface area contributed by atoms with Gasteiger partial charge in [0, 0.05) is 18.3 Å². The van der Waals surface area contributed by atoms with Crippen LogP contribution in [0.4, 0.5) is 0 Å². The molecule has 0 aromatic heterocycles. The number of hydrogen-bond donors (Lipinski definition) is 1. The third-order valence-electron chi connectivity index (χ3n) is 3.83. The minimum atomic E-state index is 0.280. The first-order chi connectivity index (χ1) is 8.83. The summed E-state index contributed by atoms with van der Waals surface area (Å²) >= 11 is 3.43. The van der Waals surface area contributed by atoms with Crippen LogP contribution in [0.5, 0.6) is 0 Å². The fourth-order valence-electron chi connectivity index (χ4n) is 2.70. The first-order valence-electron chi connectivity index (χ1n) is 7.65. The van der Waals surface area contributed by atoms with Crippen molar-refractivity contribution in [2.24, 2.45) is 5.92 Å². The third kappa shape index (κ3) is 8.12. The predicted octanol–water partition coefficient (Wildman–Crippen LogP) is 4.42. The number of carbonyl (C=O) groups excluding carboxylic acids is 1. The predicted molar refractivity (Wildman–Crippen MR) is 81.1 cm³/mol. The minimum Gasteiger partial charge on any atom is -0.356 e. The molecule has 0 unspecified atom stereocenters. The number of amides is 1. The van der Waals surface area contributed by atoms with Crippen molar-refractivity contribution in [3.63, 3.8) is 0 Å². The maximum absolute atomic E-state index is 11.8. The molecule has 2 nitrogen and oxygen atoms in total. The van der Waals surface area contributed by atoms with Crippen LogP contribution in [0.2, 0.25) is 0 Å².